The molecule has 0 amide bonds. The maximum Gasteiger partial charge on any atom is 0.0540 e. The van der Waals surface area contributed by atoms with E-state index in [1.165, 1.54) is 64.0 Å². The van der Waals surface area contributed by atoms with Crippen molar-refractivity contribution in [3.8, 4) is 22.3 Å². The van der Waals surface area contributed by atoms with E-state index >= 15 is 0 Å². The standard InChI is InChI=1S/C44H29NS/c1-2-11-32(12-3-1)38-14-6-8-16-41(38)45(37-26-22-30-10-4-5-13-34(30)28-37)36-24-20-31(21-25-36)35-19-18-33-23-27-43-44(40(33)29-35)39-15-7-9-17-42(39)46-43/h1-29H. The van der Waals surface area contributed by atoms with Gasteiger partial charge in [0, 0.05) is 37.1 Å². The van der Waals surface area contributed by atoms with Crippen LogP contribution in [0.1, 0.15) is 0 Å². The maximum absolute atomic E-state index is 2.39. The summed E-state index contributed by atoms with van der Waals surface area (Å²) in [6, 6.07) is 63.9. The van der Waals surface area contributed by atoms with Crippen LogP contribution < -0.4 is 4.90 Å². The van der Waals surface area contributed by atoms with Crippen molar-refractivity contribution in [2.24, 2.45) is 0 Å². The highest BCUT2D eigenvalue weighted by atomic mass is 32.1. The fraction of sp³-hybridized carbons (Fsp3) is 0. The summed E-state index contributed by atoms with van der Waals surface area (Å²) in [6.45, 7) is 0. The summed E-state index contributed by atoms with van der Waals surface area (Å²) in [5.74, 6) is 0. The molecule has 9 aromatic rings. The van der Waals surface area contributed by atoms with Gasteiger partial charge in [0.15, 0.2) is 0 Å². The number of anilines is 3. The molecule has 0 bridgehead atoms. The first-order chi connectivity index (χ1) is 22.8. The number of thiophene rings is 1. The number of fused-ring (bicyclic) bond motifs is 6. The Balaban J connectivity index is 1.19. The van der Waals surface area contributed by atoms with Crippen LogP contribution in [0.4, 0.5) is 17.1 Å². The average Bonchev–Trinajstić information content (AvgIpc) is 3.52. The predicted molar refractivity (Wildman–Crippen MR) is 200 cm³/mol. The highest BCUT2D eigenvalue weighted by Crippen LogP contribution is 2.43. The summed E-state index contributed by atoms with van der Waals surface area (Å²) in [5, 5.41) is 7.74. The minimum Gasteiger partial charge on any atom is -0.310 e. The van der Waals surface area contributed by atoms with Crippen LogP contribution in [-0.2, 0) is 0 Å². The van der Waals surface area contributed by atoms with E-state index in [1.54, 1.807) is 0 Å². The second kappa shape index (κ2) is 11.0. The van der Waals surface area contributed by atoms with Gasteiger partial charge in [-0.2, -0.15) is 0 Å². The van der Waals surface area contributed by atoms with Crippen molar-refractivity contribution in [1.82, 2.24) is 0 Å². The lowest BCUT2D eigenvalue weighted by molar-refractivity contribution is 1.29. The zero-order valence-corrected chi connectivity index (χ0v) is 25.9. The molecule has 0 aliphatic heterocycles. The van der Waals surface area contributed by atoms with Crippen LogP contribution in [0.2, 0.25) is 0 Å². The first-order valence-corrected chi connectivity index (χ1v) is 16.5. The smallest absolute Gasteiger partial charge is 0.0540 e. The third-order valence-corrected chi connectivity index (χ3v) is 10.2. The molecule has 0 spiro atoms. The summed E-state index contributed by atoms with van der Waals surface area (Å²) >= 11 is 1.87. The molecule has 0 saturated heterocycles. The summed E-state index contributed by atoms with van der Waals surface area (Å²) in [6.07, 6.45) is 0. The minimum absolute atomic E-state index is 1.12. The Morgan fingerprint density at radius 1 is 0.370 bits per heavy atom. The SMILES string of the molecule is c1ccc(-c2ccccc2N(c2ccc(-c3ccc4ccc5sc6ccccc6c5c4c3)cc2)c2ccc3ccccc3c2)cc1. The molecule has 1 aromatic heterocycles. The fourth-order valence-corrected chi connectivity index (χ4v) is 7.92. The first-order valence-electron chi connectivity index (χ1n) is 15.7. The molecule has 0 aliphatic carbocycles. The van der Waals surface area contributed by atoms with Gasteiger partial charge in [0.1, 0.15) is 0 Å². The predicted octanol–water partition coefficient (Wildman–Crippen LogP) is 13.2. The van der Waals surface area contributed by atoms with Crippen molar-refractivity contribution in [2.75, 3.05) is 4.90 Å². The Morgan fingerprint density at radius 3 is 1.93 bits per heavy atom. The molecule has 2 heteroatoms. The fourth-order valence-electron chi connectivity index (χ4n) is 6.80. The van der Waals surface area contributed by atoms with Crippen LogP contribution in [0.5, 0.6) is 0 Å². The van der Waals surface area contributed by atoms with Crippen molar-refractivity contribution >= 4 is 70.1 Å². The van der Waals surface area contributed by atoms with Crippen LogP contribution in [0.15, 0.2) is 176 Å². The molecule has 0 N–H and O–H groups in total. The van der Waals surface area contributed by atoms with Gasteiger partial charge >= 0.3 is 0 Å². The van der Waals surface area contributed by atoms with Crippen molar-refractivity contribution in [2.45, 2.75) is 0 Å². The molecular formula is C44H29NS. The van der Waals surface area contributed by atoms with Crippen molar-refractivity contribution in [1.29, 1.82) is 0 Å². The van der Waals surface area contributed by atoms with Crippen LogP contribution in [0, 0.1) is 0 Å². The van der Waals surface area contributed by atoms with E-state index in [-0.39, 0.29) is 0 Å². The molecule has 1 nitrogen and oxygen atoms in total. The Hall–Kier alpha value is -5.70. The lowest BCUT2D eigenvalue weighted by atomic mass is 9.97. The summed E-state index contributed by atoms with van der Waals surface area (Å²) in [7, 11) is 0. The number of rotatable bonds is 5. The molecule has 1 heterocycles. The Kier molecular flexibility index (Phi) is 6.40. The lowest BCUT2D eigenvalue weighted by Gasteiger charge is -2.28. The van der Waals surface area contributed by atoms with Gasteiger partial charge in [-0.05, 0) is 86.8 Å². The quantitative estimate of drug-likeness (QED) is 0.189. The van der Waals surface area contributed by atoms with Gasteiger partial charge in [0.05, 0.1) is 5.69 Å². The molecular weight excluding hydrogens is 575 g/mol. The van der Waals surface area contributed by atoms with E-state index in [0.717, 1.165) is 17.1 Å². The average molecular weight is 604 g/mol. The molecule has 0 atom stereocenters. The van der Waals surface area contributed by atoms with Gasteiger partial charge < -0.3 is 4.90 Å². The maximum atomic E-state index is 2.39. The third kappa shape index (κ3) is 4.54. The normalized spacial score (nSPS) is 11.5. The van der Waals surface area contributed by atoms with Gasteiger partial charge in [-0.15, -0.1) is 11.3 Å². The summed E-state index contributed by atoms with van der Waals surface area (Å²) in [5.41, 5.74) is 8.22. The van der Waals surface area contributed by atoms with E-state index in [4.69, 9.17) is 0 Å². The largest absolute Gasteiger partial charge is 0.310 e. The van der Waals surface area contributed by atoms with Crippen LogP contribution >= 0.6 is 11.3 Å². The van der Waals surface area contributed by atoms with Crippen LogP contribution in [0.25, 0.3) is 64.0 Å². The second-order valence-corrected chi connectivity index (χ2v) is 12.9. The van der Waals surface area contributed by atoms with Gasteiger partial charge in [0.2, 0.25) is 0 Å². The number of benzene rings is 8. The molecule has 0 unspecified atom stereocenters. The lowest BCUT2D eigenvalue weighted by Crippen LogP contribution is -2.11. The van der Waals surface area contributed by atoms with Crippen molar-refractivity contribution < 1.29 is 0 Å². The van der Waals surface area contributed by atoms with E-state index in [1.807, 2.05) is 11.3 Å². The first kappa shape index (κ1) is 26.7. The molecule has 8 aromatic carbocycles. The zero-order chi connectivity index (χ0) is 30.5. The van der Waals surface area contributed by atoms with Crippen LogP contribution in [-0.4, -0.2) is 0 Å². The van der Waals surface area contributed by atoms with Crippen molar-refractivity contribution in [3.63, 3.8) is 0 Å². The number of hydrogen-bond acceptors (Lipinski definition) is 2. The molecule has 46 heavy (non-hydrogen) atoms. The van der Waals surface area contributed by atoms with Gasteiger partial charge in [-0.25, -0.2) is 0 Å². The van der Waals surface area contributed by atoms with E-state index < -0.39 is 0 Å². The monoisotopic (exact) mass is 603 g/mol. The van der Waals surface area contributed by atoms with Gasteiger partial charge in [-0.3, -0.25) is 0 Å². The molecule has 9 rings (SSSR count). The Bertz CT molecular complexity index is 2530. The molecule has 0 radical (unpaired) electrons. The van der Waals surface area contributed by atoms with E-state index in [9.17, 15) is 0 Å². The van der Waals surface area contributed by atoms with E-state index in [0.29, 0.717) is 0 Å². The number of hydrogen-bond donors (Lipinski definition) is 0. The summed E-state index contributed by atoms with van der Waals surface area (Å²) < 4.78 is 2.67. The number of para-hydroxylation sites is 1. The second-order valence-electron chi connectivity index (χ2n) is 11.8. The minimum atomic E-state index is 1.12. The zero-order valence-electron chi connectivity index (χ0n) is 25.1. The number of nitrogens with zero attached hydrogens (tertiary/aromatic N) is 1. The molecule has 0 fully saturated rings. The van der Waals surface area contributed by atoms with Crippen molar-refractivity contribution in [3.05, 3.63) is 176 Å². The van der Waals surface area contributed by atoms with Crippen LogP contribution in [0.3, 0.4) is 0 Å². The topological polar surface area (TPSA) is 3.24 Å². The van der Waals surface area contributed by atoms with Gasteiger partial charge in [-0.1, -0.05) is 127 Å². The Morgan fingerprint density at radius 2 is 1.04 bits per heavy atom. The molecule has 0 aliphatic rings. The highest BCUT2D eigenvalue weighted by molar-refractivity contribution is 7.26. The Labute approximate surface area is 272 Å². The third-order valence-electron chi connectivity index (χ3n) is 9.04. The van der Waals surface area contributed by atoms with Gasteiger partial charge in [0.25, 0.3) is 0 Å². The highest BCUT2D eigenvalue weighted by Gasteiger charge is 2.18. The summed E-state index contributed by atoms with van der Waals surface area (Å²) in [4.78, 5) is 2.39. The molecule has 0 saturated carbocycles. The molecule has 216 valence electrons. The van der Waals surface area contributed by atoms with E-state index in [2.05, 4.69) is 181 Å².